The lowest BCUT2D eigenvalue weighted by atomic mass is 10.2. The second-order valence-corrected chi connectivity index (χ2v) is 8.62. The van der Waals surface area contributed by atoms with Gasteiger partial charge < -0.3 is 5.32 Å². The minimum atomic E-state index is -3.78. The lowest BCUT2D eigenvalue weighted by Gasteiger charge is -2.18. The molecule has 0 spiro atoms. The van der Waals surface area contributed by atoms with Crippen molar-refractivity contribution in [1.82, 2.24) is 4.31 Å². The molecule has 2 aromatic rings. The number of hydrogen-bond donors (Lipinski definition) is 1. The summed E-state index contributed by atoms with van der Waals surface area (Å²) in [6, 6.07) is 9.77. The minimum Gasteiger partial charge on any atom is -0.325 e. The maximum absolute atomic E-state index is 12.7. The summed E-state index contributed by atoms with van der Waals surface area (Å²) >= 11 is 11.8. The van der Waals surface area contributed by atoms with Crippen LogP contribution < -0.4 is 5.32 Å². The van der Waals surface area contributed by atoms with Crippen LogP contribution in [0.15, 0.2) is 41.3 Å². The third-order valence-corrected chi connectivity index (χ3v) is 5.93. The van der Waals surface area contributed by atoms with Crippen molar-refractivity contribution in [1.29, 1.82) is 0 Å². The Bertz CT molecular complexity index is 894. The number of halogens is 2. The summed E-state index contributed by atoms with van der Waals surface area (Å²) in [5, 5.41) is 3.34. The predicted octanol–water partition coefficient (Wildman–Crippen LogP) is 3.87. The van der Waals surface area contributed by atoms with Crippen molar-refractivity contribution in [3.8, 4) is 0 Å². The molecule has 0 heterocycles. The van der Waals surface area contributed by atoms with E-state index in [2.05, 4.69) is 5.32 Å². The van der Waals surface area contributed by atoms with Crippen LogP contribution in [0.3, 0.4) is 0 Å². The van der Waals surface area contributed by atoms with Crippen LogP contribution in [-0.2, 0) is 14.8 Å². The van der Waals surface area contributed by atoms with Gasteiger partial charge in [-0.15, -0.1) is 0 Å². The van der Waals surface area contributed by atoms with E-state index in [1.54, 1.807) is 19.1 Å². The molecule has 0 aliphatic rings. The summed E-state index contributed by atoms with van der Waals surface area (Å²) in [6.45, 7) is 3.20. The van der Waals surface area contributed by atoms with Gasteiger partial charge in [0, 0.05) is 22.8 Å². The molecule has 0 aromatic heterocycles. The lowest BCUT2D eigenvalue weighted by Crippen LogP contribution is -2.35. The van der Waals surface area contributed by atoms with Gasteiger partial charge in [0.1, 0.15) is 0 Å². The highest BCUT2D eigenvalue weighted by Crippen LogP contribution is 2.23. The molecule has 2 aromatic carbocycles. The molecule has 134 valence electrons. The molecule has 2 rings (SSSR count). The summed E-state index contributed by atoms with van der Waals surface area (Å²) in [5.74, 6) is -0.491. The molecule has 0 atom stereocenters. The first-order chi connectivity index (χ1) is 11.6. The van der Waals surface area contributed by atoms with Crippen LogP contribution in [0.4, 0.5) is 5.69 Å². The van der Waals surface area contributed by atoms with Gasteiger partial charge in [-0.3, -0.25) is 4.79 Å². The van der Waals surface area contributed by atoms with Crippen molar-refractivity contribution in [2.45, 2.75) is 18.7 Å². The van der Waals surface area contributed by atoms with Gasteiger partial charge in [-0.2, -0.15) is 4.31 Å². The molecular weight excluding hydrogens is 383 g/mol. The maximum atomic E-state index is 12.7. The van der Waals surface area contributed by atoms with E-state index < -0.39 is 15.9 Å². The third kappa shape index (κ3) is 4.95. The third-order valence-electron chi connectivity index (χ3n) is 3.54. The topological polar surface area (TPSA) is 66.5 Å². The summed E-state index contributed by atoms with van der Waals surface area (Å²) in [7, 11) is -2.41. The summed E-state index contributed by atoms with van der Waals surface area (Å²) in [5.41, 5.74) is 1.86. The molecule has 25 heavy (non-hydrogen) atoms. The van der Waals surface area contributed by atoms with Gasteiger partial charge in [0.15, 0.2) is 0 Å². The molecule has 1 amide bonds. The van der Waals surface area contributed by atoms with Crippen molar-refractivity contribution in [3.05, 3.63) is 57.6 Å². The molecule has 8 heteroatoms. The Kier molecular flexibility index (Phi) is 6.11. The van der Waals surface area contributed by atoms with Gasteiger partial charge >= 0.3 is 0 Å². The minimum absolute atomic E-state index is 0.189. The molecule has 5 nitrogen and oxygen atoms in total. The molecule has 0 unspecified atom stereocenters. The number of carbonyl (C=O) groups is 1. The van der Waals surface area contributed by atoms with Crippen molar-refractivity contribution >= 4 is 44.8 Å². The Morgan fingerprint density at radius 2 is 1.68 bits per heavy atom. The van der Waals surface area contributed by atoms with Crippen molar-refractivity contribution in [3.63, 3.8) is 0 Å². The van der Waals surface area contributed by atoms with Crippen LogP contribution in [0, 0.1) is 13.8 Å². The van der Waals surface area contributed by atoms with Crippen LogP contribution in [0.25, 0.3) is 0 Å². The summed E-state index contributed by atoms with van der Waals surface area (Å²) in [6.07, 6.45) is 0. The molecule has 0 saturated carbocycles. The average molecular weight is 401 g/mol. The van der Waals surface area contributed by atoms with Gasteiger partial charge in [0.2, 0.25) is 15.9 Å². The van der Waals surface area contributed by atoms with E-state index in [0.29, 0.717) is 21.3 Å². The van der Waals surface area contributed by atoms with E-state index in [4.69, 9.17) is 23.2 Å². The van der Waals surface area contributed by atoms with Gasteiger partial charge in [-0.05, 0) is 49.2 Å². The number of amides is 1. The van der Waals surface area contributed by atoms with Gasteiger partial charge in [-0.1, -0.05) is 35.3 Å². The molecule has 0 fully saturated rings. The Balaban J connectivity index is 2.16. The highest BCUT2D eigenvalue weighted by molar-refractivity contribution is 7.89. The number of rotatable bonds is 5. The smallest absolute Gasteiger partial charge is 0.243 e. The number of nitrogens with one attached hydrogen (secondary N) is 1. The second kappa shape index (κ2) is 7.74. The SMILES string of the molecule is Cc1ccc(C)c(S(=O)(=O)N(C)CC(=O)Nc2cc(Cl)cc(Cl)c2)c1. The zero-order valence-corrected chi connectivity index (χ0v) is 16.3. The molecule has 0 bridgehead atoms. The van der Waals surface area contributed by atoms with E-state index in [1.807, 2.05) is 13.0 Å². The van der Waals surface area contributed by atoms with Gasteiger partial charge in [-0.25, -0.2) is 8.42 Å². The van der Waals surface area contributed by atoms with Crippen LogP contribution in [0.5, 0.6) is 0 Å². The second-order valence-electron chi connectivity index (χ2n) is 5.74. The summed E-state index contributed by atoms with van der Waals surface area (Å²) < 4.78 is 26.4. The highest BCUT2D eigenvalue weighted by Gasteiger charge is 2.24. The van der Waals surface area contributed by atoms with Gasteiger partial charge in [0.05, 0.1) is 11.4 Å². The number of nitrogens with zero attached hydrogens (tertiary/aromatic N) is 1. The van der Waals surface area contributed by atoms with E-state index in [9.17, 15) is 13.2 Å². The van der Waals surface area contributed by atoms with E-state index in [0.717, 1.165) is 9.87 Å². The normalized spacial score (nSPS) is 11.6. The largest absolute Gasteiger partial charge is 0.325 e. The zero-order valence-electron chi connectivity index (χ0n) is 14.0. The fourth-order valence-electron chi connectivity index (χ4n) is 2.27. The van der Waals surface area contributed by atoms with Crippen LogP contribution >= 0.6 is 23.2 Å². The van der Waals surface area contributed by atoms with Crippen LogP contribution in [0.2, 0.25) is 10.0 Å². The number of aryl methyl sites for hydroxylation is 2. The monoisotopic (exact) mass is 400 g/mol. The standard InChI is InChI=1S/C17H18Cl2N2O3S/c1-11-4-5-12(2)16(6-11)25(23,24)21(3)10-17(22)20-15-8-13(18)7-14(19)9-15/h4-9H,10H2,1-3H3,(H,20,22). The Morgan fingerprint density at radius 1 is 1.08 bits per heavy atom. The van der Waals surface area contributed by atoms with E-state index >= 15 is 0 Å². The number of likely N-dealkylation sites (N-methyl/N-ethyl adjacent to an activating group) is 1. The van der Waals surface area contributed by atoms with Crippen molar-refractivity contribution in [2.75, 3.05) is 18.9 Å². The first-order valence-corrected chi connectivity index (χ1v) is 9.59. The summed E-state index contributed by atoms with van der Waals surface area (Å²) in [4.78, 5) is 12.4. The fourth-order valence-corrected chi connectivity index (χ4v) is 4.23. The first-order valence-electron chi connectivity index (χ1n) is 7.39. The van der Waals surface area contributed by atoms with E-state index in [1.165, 1.54) is 25.2 Å². The quantitative estimate of drug-likeness (QED) is 0.827. The van der Waals surface area contributed by atoms with Crippen LogP contribution in [-0.4, -0.2) is 32.2 Å². The highest BCUT2D eigenvalue weighted by atomic mass is 35.5. The number of benzene rings is 2. The van der Waals surface area contributed by atoms with Crippen molar-refractivity contribution < 1.29 is 13.2 Å². The first kappa shape index (κ1) is 19.7. The number of carbonyl (C=O) groups excluding carboxylic acids is 1. The van der Waals surface area contributed by atoms with Gasteiger partial charge in [0.25, 0.3) is 0 Å². The molecule has 0 saturated heterocycles. The predicted molar refractivity (Wildman–Crippen MR) is 101 cm³/mol. The Morgan fingerprint density at radius 3 is 2.28 bits per heavy atom. The molecule has 0 aliphatic heterocycles. The van der Waals surface area contributed by atoms with Crippen molar-refractivity contribution in [2.24, 2.45) is 0 Å². The molecule has 0 radical (unpaired) electrons. The fraction of sp³-hybridized carbons (Fsp3) is 0.235. The zero-order chi connectivity index (χ0) is 18.8. The molecular formula is C17H18Cl2N2O3S. The number of anilines is 1. The maximum Gasteiger partial charge on any atom is 0.243 e. The molecule has 0 aliphatic carbocycles. The Labute approximate surface area is 157 Å². The average Bonchev–Trinajstić information content (AvgIpc) is 2.48. The Hall–Kier alpha value is -1.60. The lowest BCUT2D eigenvalue weighted by molar-refractivity contribution is -0.116. The van der Waals surface area contributed by atoms with E-state index in [-0.39, 0.29) is 11.4 Å². The van der Waals surface area contributed by atoms with Crippen LogP contribution in [0.1, 0.15) is 11.1 Å². The number of sulfonamides is 1. The number of hydrogen-bond acceptors (Lipinski definition) is 3. The molecule has 1 N–H and O–H groups in total.